The van der Waals surface area contributed by atoms with Gasteiger partial charge in [0.1, 0.15) is 17.2 Å². The Morgan fingerprint density at radius 2 is 2.28 bits per heavy atom. The van der Waals surface area contributed by atoms with Gasteiger partial charge in [0.2, 0.25) is 10.0 Å². The Hall–Kier alpha value is -1.63. The minimum absolute atomic E-state index is 0.105. The summed E-state index contributed by atoms with van der Waals surface area (Å²) in [5, 5.41) is 14.3. The second kappa shape index (κ2) is 4.24. The molecule has 1 aromatic rings. The van der Waals surface area contributed by atoms with Gasteiger partial charge in [0.05, 0.1) is 11.0 Å². The predicted octanol–water partition coefficient (Wildman–Crippen LogP) is 0.729. The van der Waals surface area contributed by atoms with Crippen LogP contribution in [0.4, 0.5) is 4.39 Å². The fraction of sp³-hybridized carbons (Fsp3) is 0.222. The molecule has 0 bridgehead atoms. The van der Waals surface area contributed by atoms with Crippen molar-refractivity contribution in [3.8, 4) is 6.07 Å². The number of nitrogens with two attached hydrogens (primary N) is 1. The summed E-state index contributed by atoms with van der Waals surface area (Å²) in [5.74, 6) is -0.769. The highest BCUT2D eigenvalue weighted by Crippen LogP contribution is 2.42. The zero-order chi connectivity index (χ0) is 13.4. The molecule has 0 fully saturated rings. The van der Waals surface area contributed by atoms with Gasteiger partial charge in [-0.1, -0.05) is 0 Å². The van der Waals surface area contributed by atoms with E-state index in [1.54, 1.807) is 6.07 Å². The number of allylic oxidation sites excluding steroid dienone is 4. The van der Waals surface area contributed by atoms with Crippen LogP contribution >= 0.6 is 11.5 Å². The van der Waals surface area contributed by atoms with Gasteiger partial charge in [-0.25, -0.2) is 22.9 Å². The number of nitriles is 1. The SMILES string of the molecule is N#CC1(c2ncns2)CC(S(N)(=O)=O)=CC=C1F. The lowest BCUT2D eigenvalue weighted by Crippen LogP contribution is -2.31. The average Bonchev–Trinajstić information content (AvgIpc) is 2.82. The molecule has 6 nitrogen and oxygen atoms in total. The van der Waals surface area contributed by atoms with Crippen LogP contribution in [0.2, 0.25) is 0 Å². The molecule has 2 N–H and O–H groups in total. The molecule has 0 spiro atoms. The van der Waals surface area contributed by atoms with Gasteiger partial charge in [0.15, 0.2) is 5.41 Å². The molecule has 0 aromatic carbocycles. The van der Waals surface area contributed by atoms with Crippen molar-refractivity contribution in [3.05, 3.63) is 34.2 Å². The third kappa shape index (κ3) is 1.94. The van der Waals surface area contributed by atoms with Crippen molar-refractivity contribution in [2.45, 2.75) is 11.8 Å². The van der Waals surface area contributed by atoms with Gasteiger partial charge in [-0.3, -0.25) is 0 Å². The molecule has 94 valence electrons. The monoisotopic (exact) mass is 286 g/mol. The molecular formula is C9H7FN4O2S2. The number of sulfonamides is 1. The normalized spacial score (nSPS) is 24.1. The first kappa shape index (κ1) is 12.8. The quantitative estimate of drug-likeness (QED) is 0.861. The number of rotatable bonds is 2. The summed E-state index contributed by atoms with van der Waals surface area (Å²) in [4.78, 5) is 3.58. The first-order valence-corrected chi connectivity index (χ1v) is 7.00. The van der Waals surface area contributed by atoms with Gasteiger partial charge in [-0.05, 0) is 23.7 Å². The maximum atomic E-state index is 13.9. The third-order valence-corrected chi connectivity index (χ3v) is 4.38. The van der Waals surface area contributed by atoms with Crippen LogP contribution in [0.1, 0.15) is 11.4 Å². The van der Waals surface area contributed by atoms with Crippen molar-refractivity contribution in [2.24, 2.45) is 5.14 Å². The minimum Gasteiger partial charge on any atom is -0.226 e. The van der Waals surface area contributed by atoms with Crippen molar-refractivity contribution in [1.29, 1.82) is 5.26 Å². The number of hydrogen-bond donors (Lipinski definition) is 1. The van der Waals surface area contributed by atoms with Gasteiger partial charge in [0.25, 0.3) is 0 Å². The molecule has 1 unspecified atom stereocenters. The van der Waals surface area contributed by atoms with E-state index in [9.17, 15) is 18.1 Å². The first-order valence-electron chi connectivity index (χ1n) is 4.68. The highest BCUT2D eigenvalue weighted by atomic mass is 32.2. The van der Waals surface area contributed by atoms with E-state index in [2.05, 4.69) is 9.36 Å². The molecule has 1 aromatic heterocycles. The topological polar surface area (TPSA) is 110 Å². The highest BCUT2D eigenvalue weighted by molar-refractivity contribution is 7.93. The Balaban J connectivity index is 2.58. The molecule has 2 rings (SSSR count). The van der Waals surface area contributed by atoms with Crippen molar-refractivity contribution in [1.82, 2.24) is 9.36 Å². The average molecular weight is 286 g/mol. The van der Waals surface area contributed by atoms with Crippen molar-refractivity contribution in [2.75, 3.05) is 0 Å². The number of hydrogen-bond acceptors (Lipinski definition) is 6. The van der Waals surface area contributed by atoms with Crippen LogP contribution in [0.25, 0.3) is 0 Å². The van der Waals surface area contributed by atoms with E-state index in [4.69, 9.17) is 5.14 Å². The summed E-state index contributed by atoms with van der Waals surface area (Å²) in [6.45, 7) is 0. The van der Waals surface area contributed by atoms with Gasteiger partial charge >= 0.3 is 0 Å². The third-order valence-electron chi connectivity index (χ3n) is 2.55. The number of nitrogens with zero attached hydrogens (tertiary/aromatic N) is 3. The van der Waals surface area contributed by atoms with Crippen molar-refractivity contribution in [3.63, 3.8) is 0 Å². The van der Waals surface area contributed by atoms with Gasteiger partial charge in [-0.15, -0.1) is 0 Å². The molecular weight excluding hydrogens is 279 g/mol. The second-order valence-corrected chi connectivity index (χ2v) is 6.03. The van der Waals surface area contributed by atoms with Crippen LogP contribution in [-0.4, -0.2) is 17.8 Å². The standard InChI is InChI=1S/C9H7FN4O2S2/c10-7-2-1-6(18(12,15)16)3-9(7,4-11)8-13-5-14-17-8/h1-2,5H,3H2,(H2,12,15,16). The summed E-state index contributed by atoms with van der Waals surface area (Å²) in [6, 6.07) is 1.78. The molecule has 1 aliphatic rings. The lowest BCUT2D eigenvalue weighted by Gasteiger charge is -2.25. The molecule has 0 saturated carbocycles. The van der Waals surface area contributed by atoms with Crippen molar-refractivity contribution >= 4 is 21.6 Å². The zero-order valence-electron chi connectivity index (χ0n) is 8.87. The number of primary sulfonamides is 1. The van der Waals surface area contributed by atoms with E-state index >= 15 is 0 Å². The van der Waals surface area contributed by atoms with Crippen LogP contribution in [-0.2, 0) is 15.4 Å². The zero-order valence-corrected chi connectivity index (χ0v) is 10.5. The summed E-state index contributed by atoms with van der Waals surface area (Å²) >= 11 is 0.842. The largest absolute Gasteiger partial charge is 0.234 e. The van der Waals surface area contributed by atoms with Crippen LogP contribution in [0, 0.1) is 11.3 Å². The highest BCUT2D eigenvalue weighted by Gasteiger charge is 2.44. The summed E-state index contributed by atoms with van der Waals surface area (Å²) < 4.78 is 40.2. The molecule has 18 heavy (non-hydrogen) atoms. The summed E-state index contributed by atoms with van der Waals surface area (Å²) in [6.07, 6.45) is 2.79. The van der Waals surface area contributed by atoms with Crippen molar-refractivity contribution < 1.29 is 12.8 Å². The summed E-state index contributed by atoms with van der Waals surface area (Å²) in [7, 11) is -3.97. The molecule has 9 heteroatoms. The van der Waals surface area contributed by atoms with Gasteiger partial charge < -0.3 is 0 Å². The first-order chi connectivity index (χ1) is 8.40. The molecule has 0 amide bonds. The summed E-state index contributed by atoms with van der Waals surface area (Å²) in [5.41, 5.74) is -1.75. The number of halogens is 1. The molecule has 0 aliphatic heterocycles. The lowest BCUT2D eigenvalue weighted by molar-refractivity contribution is 0.466. The van der Waals surface area contributed by atoms with E-state index in [0.717, 1.165) is 23.7 Å². The Morgan fingerprint density at radius 1 is 1.56 bits per heavy atom. The van der Waals surface area contributed by atoms with E-state index in [0.29, 0.717) is 0 Å². The van der Waals surface area contributed by atoms with E-state index in [1.165, 1.54) is 6.33 Å². The Bertz CT molecular complexity index is 672. The van der Waals surface area contributed by atoms with Gasteiger partial charge in [-0.2, -0.15) is 9.64 Å². The molecule has 0 radical (unpaired) electrons. The second-order valence-electron chi connectivity index (χ2n) is 3.63. The predicted molar refractivity (Wildman–Crippen MR) is 62.2 cm³/mol. The van der Waals surface area contributed by atoms with Crippen LogP contribution in [0.15, 0.2) is 29.2 Å². The lowest BCUT2D eigenvalue weighted by atomic mass is 9.82. The Labute approximate surface area is 106 Å². The van der Waals surface area contributed by atoms with E-state index in [1.807, 2.05) is 0 Å². The smallest absolute Gasteiger partial charge is 0.226 e. The Morgan fingerprint density at radius 3 is 2.78 bits per heavy atom. The fourth-order valence-electron chi connectivity index (χ4n) is 1.59. The van der Waals surface area contributed by atoms with Crippen LogP contribution in [0.5, 0.6) is 0 Å². The Kier molecular flexibility index (Phi) is 3.02. The maximum absolute atomic E-state index is 13.9. The maximum Gasteiger partial charge on any atom is 0.234 e. The minimum atomic E-state index is -3.97. The molecule has 1 atom stereocenters. The van der Waals surface area contributed by atoms with Crippen LogP contribution in [0.3, 0.4) is 0 Å². The van der Waals surface area contributed by atoms with E-state index in [-0.39, 0.29) is 16.3 Å². The fourth-order valence-corrected chi connectivity index (χ4v) is 2.92. The van der Waals surface area contributed by atoms with E-state index < -0.39 is 21.3 Å². The van der Waals surface area contributed by atoms with Crippen LogP contribution < -0.4 is 5.14 Å². The molecule has 1 heterocycles. The molecule has 1 aliphatic carbocycles. The molecule has 0 saturated heterocycles. The van der Waals surface area contributed by atoms with Gasteiger partial charge in [0, 0.05) is 6.42 Å². The number of aromatic nitrogens is 2.